The van der Waals surface area contributed by atoms with Crippen LogP contribution in [0, 0.1) is 0 Å². The minimum atomic E-state index is 0.0718. The number of pyridine rings is 1. The minimum Gasteiger partial charge on any atom is -0.332 e. The maximum Gasteiger partial charge on any atom is 0.255 e. The third-order valence-corrected chi connectivity index (χ3v) is 4.53. The van der Waals surface area contributed by atoms with Crippen LogP contribution < -0.4 is 0 Å². The predicted molar refractivity (Wildman–Crippen MR) is 79.3 cm³/mol. The summed E-state index contributed by atoms with van der Waals surface area (Å²) in [5.74, 6) is 0.0718. The van der Waals surface area contributed by atoms with Gasteiger partial charge in [-0.15, -0.1) is 0 Å². The van der Waals surface area contributed by atoms with Gasteiger partial charge in [-0.25, -0.2) is 0 Å². The standard InChI is InChI=1S/C14H13BrN2OS/c15-12-6-11(7-16-8-12)14(18)17-4-1-2-13(17)10-3-5-19-9-10/h3,5-9,13H,1-2,4H2/t13-/m0/s1. The number of aromatic nitrogens is 1. The number of rotatable bonds is 2. The van der Waals surface area contributed by atoms with Crippen LogP contribution in [0.3, 0.4) is 0 Å². The maximum absolute atomic E-state index is 12.6. The number of carbonyl (C=O) groups excluding carboxylic acids is 1. The van der Waals surface area contributed by atoms with E-state index in [1.165, 1.54) is 5.56 Å². The number of hydrogen-bond acceptors (Lipinski definition) is 3. The van der Waals surface area contributed by atoms with Crippen LogP contribution >= 0.6 is 27.3 Å². The second-order valence-corrected chi connectivity index (χ2v) is 6.30. The highest BCUT2D eigenvalue weighted by Crippen LogP contribution is 2.34. The van der Waals surface area contributed by atoms with Crippen LogP contribution in [0.15, 0.2) is 39.8 Å². The molecule has 0 unspecified atom stereocenters. The molecule has 0 saturated carbocycles. The molecule has 3 rings (SSSR count). The lowest BCUT2D eigenvalue weighted by molar-refractivity contribution is 0.0735. The van der Waals surface area contributed by atoms with Crippen molar-refractivity contribution >= 4 is 33.2 Å². The van der Waals surface area contributed by atoms with Crippen LogP contribution in [0.1, 0.15) is 34.8 Å². The van der Waals surface area contributed by atoms with E-state index in [1.807, 2.05) is 11.0 Å². The van der Waals surface area contributed by atoms with Gasteiger partial charge in [0, 0.05) is 23.4 Å². The van der Waals surface area contributed by atoms with E-state index in [4.69, 9.17) is 0 Å². The fraction of sp³-hybridized carbons (Fsp3) is 0.286. The van der Waals surface area contributed by atoms with Gasteiger partial charge in [0.15, 0.2) is 0 Å². The number of likely N-dealkylation sites (tertiary alicyclic amines) is 1. The fourth-order valence-electron chi connectivity index (χ4n) is 2.52. The molecule has 1 aliphatic heterocycles. The number of halogens is 1. The van der Waals surface area contributed by atoms with Crippen molar-refractivity contribution in [2.45, 2.75) is 18.9 Å². The Kier molecular flexibility index (Phi) is 3.66. The first-order valence-electron chi connectivity index (χ1n) is 6.19. The second kappa shape index (κ2) is 5.43. The van der Waals surface area contributed by atoms with E-state index in [2.05, 4.69) is 37.7 Å². The quantitative estimate of drug-likeness (QED) is 0.833. The molecule has 1 saturated heterocycles. The molecule has 0 aromatic carbocycles. The molecule has 3 heterocycles. The summed E-state index contributed by atoms with van der Waals surface area (Å²) in [6.45, 7) is 0.825. The van der Waals surface area contributed by atoms with Crippen molar-refractivity contribution in [3.8, 4) is 0 Å². The van der Waals surface area contributed by atoms with Crippen LogP contribution in [0.5, 0.6) is 0 Å². The molecule has 0 radical (unpaired) electrons. The van der Waals surface area contributed by atoms with Crippen molar-refractivity contribution < 1.29 is 4.79 Å². The van der Waals surface area contributed by atoms with Crippen molar-refractivity contribution in [2.24, 2.45) is 0 Å². The molecule has 5 heteroatoms. The second-order valence-electron chi connectivity index (χ2n) is 4.61. The number of amides is 1. The zero-order valence-corrected chi connectivity index (χ0v) is 12.7. The van der Waals surface area contributed by atoms with E-state index in [9.17, 15) is 4.79 Å². The van der Waals surface area contributed by atoms with Gasteiger partial charge in [0.2, 0.25) is 0 Å². The normalized spacial score (nSPS) is 18.8. The summed E-state index contributed by atoms with van der Waals surface area (Å²) in [6, 6.07) is 4.16. The SMILES string of the molecule is O=C(c1cncc(Br)c1)N1CCC[C@H]1c1ccsc1. The highest BCUT2D eigenvalue weighted by atomic mass is 79.9. The Bertz CT molecular complexity index is 585. The largest absolute Gasteiger partial charge is 0.332 e. The molecule has 0 spiro atoms. The van der Waals surface area contributed by atoms with Crippen molar-refractivity contribution in [3.05, 3.63) is 50.9 Å². The molecular weight excluding hydrogens is 324 g/mol. The first kappa shape index (κ1) is 12.8. The Labute approximate surface area is 124 Å². The van der Waals surface area contributed by atoms with E-state index in [0.717, 1.165) is 23.9 Å². The average Bonchev–Trinajstić information content (AvgIpc) is 3.08. The summed E-state index contributed by atoms with van der Waals surface area (Å²) >= 11 is 5.04. The molecule has 1 amide bonds. The van der Waals surface area contributed by atoms with E-state index in [0.29, 0.717) is 5.56 Å². The third-order valence-electron chi connectivity index (χ3n) is 3.39. The van der Waals surface area contributed by atoms with Crippen LogP contribution in [-0.2, 0) is 0 Å². The van der Waals surface area contributed by atoms with Crippen molar-refractivity contribution in [2.75, 3.05) is 6.54 Å². The van der Waals surface area contributed by atoms with Gasteiger partial charge in [-0.05, 0) is 57.2 Å². The minimum absolute atomic E-state index is 0.0718. The van der Waals surface area contributed by atoms with Gasteiger partial charge in [-0.2, -0.15) is 11.3 Å². The molecule has 0 aliphatic carbocycles. The summed E-state index contributed by atoms with van der Waals surface area (Å²) in [5.41, 5.74) is 1.90. The van der Waals surface area contributed by atoms with E-state index >= 15 is 0 Å². The zero-order chi connectivity index (χ0) is 13.2. The topological polar surface area (TPSA) is 33.2 Å². The zero-order valence-electron chi connectivity index (χ0n) is 10.3. The van der Waals surface area contributed by atoms with Crippen LogP contribution in [-0.4, -0.2) is 22.3 Å². The Morgan fingerprint density at radius 2 is 2.37 bits per heavy atom. The Balaban J connectivity index is 1.87. The van der Waals surface area contributed by atoms with Crippen LogP contribution in [0.4, 0.5) is 0 Å². The molecule has 2 aromatic heterocycles. The summed E-state index contributed by atoms with van der Waals surface area (Å²) in [4.78, 5) is 18.6. The van der Waals surface area contributed by atoms with E-state index < -0.39 is 0 Å². The van der Waals surface area contributed by atoms with E-state index in [1.54, 1.807) is 23.7 Å². The van der Waals surface area contributed by atoms with Gasteiger partial charge >= 0.3 is 0 Å². The highest BCUT2D eigenvalue weighted by molar-refractivity contribution is 9.10. The summed E-state index contributed by atoms with van der Waals surface area (Å²) in [7, 11) is 0. The fourth-order valence-corrected chi connectivity index (χ4v) is 3.59. The number of hydrogen-bond donors (Lipinski definition) is 0. The third kappa shape index (κ3) is 2.58. The molecule has 0 bridgehead atoms. The Morgan fingerprint density at radius 3 is 3.11 bits per heavy atom. The van der Waals surface area contributed by atoms with Gasteiger partial charge in [0.1, 0.15) is 0 Å². The first-order chi connectivity index (χ1) is 9.25. The van der Waals surface area contributed by atoms with Crippen molar-refractivity contribution in [3.63, 3.8) is 0 Å². The lowest BCUT2D eigenvalue weighted by Crippen LogP contribution is -2.30. The summed E-state index contributed by atoms with van der Waals surface area (Å²) < 4.78 is 0.838. The molecule has 1 aliphatic rings. The lowest BCUT2D eigenvalue weighted by Gasteiger charge is -2.24. The number of thiophene rings is 1. The number of nitrogens with zero attached hydrogens (tertiary/aromatic N) is 2. The van der Waals surface area contributed by atoms with Crippen molar-refractivity contribution in [1.29, 1.82) is 0 Å². The number of carbonyl (C=O) groups is 1. The average molecular weight is 337 g/mol. The molecule has 1 atom stereocenters. The lowest BCUT2D eigenvalue weighted by atomic mass is 10.1. The summed E-state index contributed by atoms with van der Waals surface area (Å²) in [6.07, 6.45) is 5.44. The smallest absolute Gasteiger partial charge is 0.255 e. The molecule has 19 heavy (non-hydrogen) atoms. The molecule has 2 aromatic rings. The van der Waals surface area contributed by atoms with Gasteiger partial charge in [-0.1, -0.05) is 0 Å². The maximum atomic E-state index is 12.6. The first-order valence-corrected chi connectivity index (χ1v) is 7.93. The van der Waals surface area contributed by atoms with Gasteiger partial charge in [0.25, 0.3) is 5.91 Å². The van der Waals surface area contributed by atoms with Gasteiger partial charge in [-0.3, -0.25) is 9.78 Å². The highest BCUT2D eigenvalue weighted by Gasteiger charge is 2.30. The Morgan fingerprint density at radius 1 is 1.47 bits per heavy atom. The van der Waals surface area contributed by atoms with Crippen LogP contribution in [0.2, 0.25) is 0 Å². The Hall–Kier alpha value is -1.20. The van der Waals surface area contributed by atoms with Gasteiger partial charge in [0.05, 0.1) is 11.6 Å². The van der Waals surface area contributed by atoms with Crippen molar-refractivity contribution in [1.82, 2.24) is 9.88 Å². The molecule has 3 nitrogen and oxygen atoms in total. The summed E-state index contributed by atoms with van der Waals surface area (Å²) in [5, 5.41) is 4.20. The molecule has 98 valence electrons. The van der Waals surface area contributed by atoms with Gasteiger partial charge < -0.3 is 4.90 Å². The predicted octanol–water partition coefficient (Wildman–Crippen LogP) is 3.88. The molecule has 1 fully saturated rings. The molecular formula is C14H13BrN2OS. The monoisotopic (exact) mass is 336 g/mol. The van der Waals surface area contributed by atoms with Crippen LogP contribution in [0.25, 0.3) is 0 Å². The van der Waals surface area contributed by atoms with E-state index in [-0.39, 0.29) is 11.9 Å². The molecule has 0 N–H and O–H groups in total.